The Morgan fingerprint density at radius 3 is 2.72 bits per heavy atom. The molecule has 1 aromatic carbocycles. The van der Waals surface area contributed by atoms with E-state index in [4.69, 9.17) is 4.74 Å². The van der Waals surface area contributed by atoms with E-state index in [1.54, 1.807) is 56.5 Å². The molecule has 0 spiro atoms. The predicted molar refractivity (Wildman–Crippen MR) is 94.8 cm³/mol. The standard InChI is InChI=1S/C19H21N3O3/c1-13-18(23)22(3)16-12-15(4-5-17(16)25-13)19(24)21(2)11-8-14-6-9-20-10-7-14/h4-7,9-10,12-13H,8,11H2,1-3H3. The average Bonchev–Trinajstić information content (AvgIpc) is 2.64. The van der Waals surface area contributed by atoms with Crippen LogP contribution in [-0.4, -0.2) is 48.4 Å². The lowest BCUT2D eigenvalue weighted by atomic mass is 10.1. The fourth-order valence-corrected chi connectivity index (χ4v) is 2.81. The van der Waals surface area contributed by atoms with Crippen LogP contribution < -0.4 is 9.64 Å². The minimum Gasteiger partial charge on any atom is -0.479 e. The van der Waals surface area contributed by atoms with Gasteiger partial charge in [-0.25, -0.2) is 0 Å². The normalized spacial score (nSPS) is 16.2. The molecule has 2 amide bonds. The Labute approximate surface area is 147 Å². The van der Waals surface area contributed by atoms with Crippen LogP contribution in [0.15, 0.2) is 42.7 Å². The molecule has 130 valence electrons. The molecule has 1 aliphatic rings. The SMILES string of the molecule is CC1Oc2ccc(C(=O)N(C)CCc3ccncc3)cc2N(C)C1=O. The van der Waals surface area contributed by atoms with E-state index in [1.807, 2.05) is 12.1 Å². The van der Waals surface area contributed by atoms with E-state index in [0.717, 1.165) is 12.0 Å². The van der Waals surface area contributed by atoms with Crippen molar-refractivity contribution < 1.29 is 14.3 Å². The van der Waals surface area contributed by atoms with Crippen molar-refractivity contribution in [2.24, 2.45) is 0 Å². The maximum absolute atomic E-state index is 12.7. The molecule has 1 atom stereocenters. The molecule has 6 nitrogen and oxygen atoms in total. The van der Waals surface area contributed by atoms with Gasteiger partial charge in [0.15, 0.2) is 6.10 Å². The Balaban J connectivity index is 1.73. The molecule has 0 saturated heterocycles. The van der Waals surface area contributed by atoms with Gasteiger partial charge in [0.25, 0.3) is 11.8 Å². The van der Waals surface area contributed by atoms with Crippen LogP contribution >= 0.6 is 0 Å². The van der Waals surface area contributed by atoms with Crippen molar-refractivity contribution in [3.63, 3.8) is 0 Å². The number of carbonyl (C=O) groups excluding carboxylic acids is 2. The van der Waals surface area contributed by atoms with Gasteiger partial charge < -0.3 is 14.5 Å². The summed E-state index contributed by atoms with van der Waals surface area (Å²) < 4.78 is 5.59. The van der Waals surface area contributed by atoms with E-state index < -0.39 is 6.10 Å². The van der Waals surface area contributed by atoms with E-state index in [0.29, 0.717) is 23.5 Å². The third kappa shape index (κ3) is 3.47. The van der Waals surface area contributed by atoms with Crippen molar-refractivity contribution in [1.29, 1.82) is 0 Å². The fourth-order valence-electron chi connectivity index (χ4n) is 2.81. The number of amides is 2. The van der Waals surface area contributed by atoms with Crippen molar-refractivity contribution in [2.75, 3.05) is 25.5 Å². The van der Waals surface area contributed by atoms with Crippen LogP contribution in [0.2, 0.25) is 0 Å². The molecular weight excluding hydrogens is 318 g/mol. The topological polar surface area (TPSA) is 62.7 Å². The van der Waals surface area contributed by atoms with Crippen LogP contribution in [0.4, 0.5) is 5.69 Å². The number of nitrogens with zero attached hydrogens (tertiary/aromatic N) is 3. The number of pyridine rings is 1. The van der Waals surface area contributed by atoms with Crippen molar-refractivity contribution in [3.05, 3.63) is 53.9 Å². The number of likely N-dealkylation sites (N-methyl/N-ethyl adjacent to an activating group) is 2. The summed E-state index contributed by atoms with van der Waals surface area (Å²) in [6, 6.07) is 9.08. The maximum Gasteiger partial charge on any atom is 0.267 e. The predicted octanol–water partition coefficient (Wildman–Crippen LogP) is 2.14. The van der Waals surface area contributed by atoms with Crippen LogP contribution in [0.3, 0.4) is 0 Å². The average molecular weight is 339 g/mol. The first kappa shape index (κ1) is 17.0. The molecule has 0 radical (unpaired) electrons. The molecule has 1 unspecified atom stereocenters. The molecule has 25 heavy (non-hydrogen) atoms. The van der Waals surface area contributed by atoms with Gasteiger partial charge in [0.05, 0.1) is 5.69 Å². The number of hydrogen-bond donors (Lipinski definition) is 0. The minimum absolute atomic E-state index is 0.0867. The molecule has 1 aromatic heterocycles. The van der Waals surface area contributed by atoms with Gasteiger partial charge in [-0.3, -0.25) is 14.6 Å². The number of fused-ring (bicyclic) bond motifs is 1. The zero-order chi connectivity index (χ0) is 18.0. The first-order valence-corrected chi connectivity index (χ1v) is 8.20. The van der Waals surface area contributed by atoms with Gasteiger partial charge in [-0.15, -0.1) is 0 Å². The van der Waals surface area contributed by atoms with Crippen LogP contribution in [0.25, 0.3) is 0 Å². The second-order valence-corrected chi connectivity index (χ2v) is 6.17. The van der Waals surface area contributed by atoms with E-state index in [-0.39, 0.29) is 11.8 Å². The molecule has 2 aromatic rings. The van der Waals surface area contributed by atoms with Crippen LogP contribution in [-0.2, 0) is 11.2 Å². The van der Waals surface area contributed by atoms with E-state index in [9.17, 15) is 9.59 Å². The minimum atomic E-state index is -0.512. The summed E-state index contributed by atoms with van der Waals surface area (Å²) in [7, 11) is 3.47. The molecule has 3 rings (SSSR count). The first-order chi connectivity index (χ1) is 12.0. The number of carbonyl (C=O) groups is 2. The van der Waals surface area contributed by atoms with Gasteiger partial charge in [-0.2, -0.15) is 0 Å². The smallest absolute Gasteiger partial charge is 0.267 e. The van der Waals surface area contributed by atoms with E-state index >= 15 is 0 Å². The van der Waals surface area contributed by atoms with Crippen molar-refractivity contribution in [1.82, 2.24) is 9.88 Å². The zero-order valence-electron chi connectivity index (χ0n) is 14.6. The summed E-state index contributed by atoms with van der Waals surface area (Å²) in [6.07, 6.45) is 3.74. The number of hydrogen-bond acceptors (Lipinski definition) is 4. The number of anilines is 1. The lowest BCUT2D eigenvalue weighted by molar-refractivity contribution is -0.125. The number of benzene rings is 1. The molecule has 6 heteroatoms. The molecule has 0 bridgehead atoms. The van der Waals surface area contributed by atoms with Crippen LogP contribution in [0.5, 0.6) is 5.75 Å². The van der Waals surface area contributed by atoms with Crippen LogP contribution in [0.1, 0.15) is 22.8 Å². The monoisotopic (exact) mass is 339 g/mol. The molecule has 0 fully saturated rings. The summed E-state index contributed by atoms with van der Waals surface area (Å²) in [5, 5.41) is 0. The van der Waals surface area contributed by atoms with Gasteiger partial charge in [-0.05, 0) is 49.2 Å². The Bertz CT molecular complexity index is 792. The summed E-state index contributed by atoms with van der Waals surface area (Å²) in [5.74, 6) is 0.407. The number of rotatable bonds is 4. The van der Waals surface area contributed by atoms with Gasteiger partial charge in [0, 0.05) is 38.6 Å². The highest BCUT2D eigenvalue weighted by Gasteiger charge is 2.29. The molecule has 0 N–H and O–H groups in total. The lowest BCUT2D eigenvalue weighted by Crippen LogP contribution is -2.42. The van der Waals surface area contributed by atoms with Crippen LogP contribution in [0, 0.1) is 0 Å². The molecule has 0 saturated carbocycles. The zero-order valence-corrected chi connectivity index (χ0v) is 14.6. The fraction of sp³-hybridized carbons (Fsp3) is 0.316. The number of ether oxygens (including phenoxy) is 1. The van der Waals surface area contributed by atoms with E-state index in [1.165, 1.54) is 4.90 Å². The Hall–Kier alpha value is -2.89. The maximum atomic E-state index is 12.7. The summed E-state index contributed by atoms with van der Waals surface area (Å²) in [6.45, 7) is 2.32. The van der Waals surface area contributed by atoms with E-state index in [2.05, 4.69) is 4.98 Å². The quantitative estimate of drug-likeness (QED) is 0.856. The highest BCUT2D eigenvalue weighted by molar-refractivity contribution is 6.02. The second kappa shape index (κ2) is 6.93. The second-order valence-electron chi connectivity index (χ2n) is 6.17. The first-order valence-electron chi connectivity index (χ1n) is 8.20. The van der Waals surface area contributed by atoms with Crippen molar-refractivity contribution in [3.8, 4) is 5.75 Å². The van der Waals surface area contributed by atoms with Gasteiger partial charge >= 0.3 is 0 Å². The number of aromatic nitrogens is 1. The summed E-state index contributed by atoms with van der Waals surface area (Å²) >= 11 is 0. The van der Waals surface area contributed by atoms with Gasteiger partial charge in [0.2, 0.25) is 0 Å². The highest BCUT2D eigenvalue weighted by atomic mass is 16.5. The molecular formula is C19H21N3O3. The van der Waals surface area contributed by atoms with Gasteiger partial charge in [0.1, 0.15) is 5.75 Å². The third-order valence-electron chi connectivity index (χ3n) is 4.38. The molecule has 0 aliphatic carbocycles. The largest absolute Gasteiger partial charge is 0.479 e. The Morgan fingerprint density at radius 2 is 2.00 bits per heavy atom. The molecule has 1 aliphatic heterocycles. The molecule has 2 heterocycles. The van der Waals surface area contributed by atoms with Crippen molar-refractivity contribution >= 4 is 17.5 Å². The summed E-state index contributed by atoms with van der Waals surface area (Å²) in [5.41, 5.74) is 2.29. The van der Waals surface area contributed by atoms with Crippen molar-refractivity contribution in [2.45, 2.75) is 19.4 Å². The Kier molecular flexibility index (Phi) is 4.70. The summed E-state index contributed by atoms with van der Waals surface area (Å²) in [4.78, 5) is 31.9. The highest BCUT2D eigenvalue weighted by Crippen LogP contribution is 2.34. The third-order valence-corrected chi connectivity index (χ3v) is 4.38. The lowest BCUT2D eigenvalue weighted by Gasteiger charge is -2.30. The van der Waals surface area contributed by atoms with Gasteiger partial charge in [-0.1, -0.05) is 0 Å². The Morgan fingerprint density at radius 1 is 1.28 bits per heavy atom.